The third-order valence-electron chi connectivity index (χ3n) is 5.16. The minimum Gasteiger partial charge on any atom is -0.459 e. The van der Waals surface area contributed by atoms with Crippen molar-refractivity contribution >= 4 is 5.97 Å². The number of aliphatic hydroxyl groups excluding tert-OH is 1. The van der Waals surface area contributed by atoms with Gasteiger partial charge in [-0.1, -0.05) is 23.8 Å². The number of ether oxygens (including phenoxy) is 1. The lowest BCUT2D eigenvalue weighted by Crippen LogP contribution is -2.46. The number of allylic oxidation sites excluding steroid dienone is 2. The van der Waals surface area contributed by atoms with Crippen molar-refractivity contribution in [2.75, 3.05) is 6.61 Å². The molecule has 3 aliphatic rings. The summed E-state index contributed by atoms with van der Waals surface area (Å²) in [6.07, 6.45) is 4.28. The third kappa shape index (κ3) is 1.63. The van der Waals surface area contributed by atoms with Crippen LogP contribution >= 0.6 is 0 Å². The average Bonchev–Trinajstić information content (AvgIpc) is 2.83. The van der Waals surface area contributed by atoms with Gasteiger partial charge >= 0.3 is 5.97 Å². The summed E-state index contributed by atoms with van der Waals surface area (Å²) in [6.45, 7) is 5.63. The zero-order valence-electron chi connectivity index (χ0n) is 11.1. The quantitative estimate of drug-likeness (QED) is 0.551. The number of carbonyl (C=O) groups excluding carboxylic acids is 1. The summed E-state index contributed by atoms with van der Waals surface area (Å²) < 4.78 is 5.44. The number of fused-ring (bicyclic) bond motifs is 3. The second kappa shape index (κ2) is 4.18. The molecule has 5 unspecified atom stereocenters. The van der Waals surface area contributed by atoms with Crippen LogP contribution in [0.4, 0.5) is 0 Å². The van der Waals surface area contributed by atoms with Crippen LogP contribution in [0, 0.1) is 17.8 Å². The molecule has 0 amide bonds. The van der Waals surface area contributed by atoms with Gasteiger partial charge in [0.05, 0.1) is 6.61 Å². The van der Waals surface area contributed by atoms with Crippen LogP contribution in [0.15, 0.2) is 23.8 Å². The second-order valence-electron chi connectivity index (χ2n) is 6.07. The molecule has 3 rings (SSSR count). The fourth-order valence-corrected chi connectivity index (χ4v) is 3.97. The van der Waals surface area contributed by atoms with Crippen molar-refractivity contribution in [2.24, 2.45) is 17.8 Å². The molecule has 2 fully saturated rings. The van der Waals surface area contributed by atoms with Crippen LogP contribution in [0.2, 0.25) is 0 Å². The van der Waals surface area contributed by atoms with Crippen molar-refractivity contribution in [1.82, 2.24) is 0 Å². The van der Waals surface area contributed by atoms with E-state index in [-0.39, 0.29) is 17.9 Å². The Morgan fingerprint density at radius 1 is 1.58 bits per heavy atom. The average molecular weight is 264 g/mol. The van der Waals surface area contributed by atoms with Crippen LogP contribution in [-0.4, -0.2) is 34.5 Å². The highest BCUT2D eigenvalue weighted by atomic mass is 16.6. The molecule has 0 aromatic heterocycles. The fraction of sp³-hybridized carbons (Fsp3) is 0.667. The summed E-state index contributed by atoms with van der Waals surface area (Å²) in [7, 11) is 0. The Hall–Kier alpha value is -1.13. The zero-order valence-corrected chi connectivity index (χ0v) is 11.1. The lowest BCUT2D eigenvalue weighted by Gasteiger charge is -2.29. The summed E-state index contributed by atoms with van der Waals surface area (Å²) >= 11 is 0. The molecule has 104 valence electrons. The number of esters is 1. The van der Waals surface area contributed by atoms with E-state index in [2.05, 4.69) is 19.6 Å². The first-order chi connectivity index (χ1) is 8.99. The van der Waals surface area contributed by atoms with Crippen LogP contribution < -0.4 is 0 Å². The first kappa shape index (κ1) is 12.9. The van der Waals surface area contributed by atoms with Crippen LogP contribution in [0.1, 0.15) is 26.2 Å². The molecule has 0 aromatic carbocycles. The molecule has 0 radical (unpaired) electrons. The summed E-state index contributed by atoms with van der Waals surface area (Å²) in [6, 6.07) is 0. The normalized spacial score (nSPS) is 45.3. The fourth-order valence-electron chi connectivity index (χ4n) is 3.97. The van der Waals surface area contributed by atoms with Crippen LogP contribution in [-0.2, 0) is 9.53 Å². The maximum atomic E-state index is 11.9. The molecule has 5 atom stereocenters. The Bertz CT molecular complexity index is 467. The van der Waals surface area contributed by atoms with Crippen LogP contribution in [0.25, 0.3) is 0 Å². The lowest BCUT2D eigenvalue weighted by molar-refractivity contribution is -0.159. The molecule has 4 heteroatoms. The van der Waals surface area contributed by atoms with Crippen molar-refractivity contribution < 1.29 is 19.7 Å². The van der Waals surface area contributed by atoms with Crippen molar-refractivity contribution in [1.29, 1.82) is 0 Å². The van der Waals surface area contributed by atoms with Crippen LogP contribution in [0.5, 0.6) is 0 Å². The van der Waals surface area contributed by atoms with E-state index >= 15 is 0 Å². The summed E-state index contributed by atoms with van der Waals surface area (Å²) in [5, 5.41) is 19.8. The van der Waals surface area contributed by atoms with E-state index in [1.807, 2.05) is 0 Å². The molecule has 1 heterocycles. The largest absolute Gasteiger partial charge is 0.459 e. The van der Waals surface area contributed by atoms with Gasteiger partial charge in [0.1, 0.15) is 6.10 Å². The van der Waals surface area contributed by atoms with Gasteiger partial charge in [0, 0.05) is 11.8 Å². The Morgan fingerprint density at radius 2 is 2.32 bits per heavy atom. The Balaban J connectivity index is 2.03. The molecule has 1 saturated carbocycles. The van der Waals surface area contributed by atoms with Crippen molar-refractivity contribution in [2.45, 2.75) is 37.9 Å². The smallest absolute Gasteiger partial charge is 0.341 e. The number of rotatable bonds is 1. The van der Waals surface area contributed by atoms with Gasteiger partial charge in [0.25, 0.3) is 0 Å². The molecular formula is C15H20O4. The summed E-state index contributed by atoms with van der Waals surface area (Å²) in [5.74, 6) is -0.606. The maximum Gasteiger partial charge on any atom is 0.341 e. The highest BCUT2D eigenvalue weighted by molar-refractivity contribution is 5.82. The van der Waals surface area contributed by atoms with Gasteiger partial charge in [-0.15, -0.1) is 0 Å². The van der Waals surface area contributed by atoms with Gasteiger partial charge < -0.3 is 14.9 Å². The predicted octanol–water partition coefficient (Wildman–Crippen LogP) is 1.18. The Kier molecular flexibility index (Phi) is 2.84. The minimum atomic E-state index is -1.75. The molecule has 19 heavy (non-hydrogen) atoms. The third-order valence-corrected chi connectivity index (χ3v) is 5.16. The number of aliphatic hydroxyl groups is 2. The molecule has 2 aliphatic carbocycles. The van der Waals surface area contributed by atoms with Gasteiger partial charge in [-0.3, -0.25) is 0 Å². The van der Waals surface area contributed by atoms with Crippen molar-refractivity contribution in [3.05, 3.63) is 23.8 Å². The number of hydrogen-bond donors (Lipinski definition) is 2. The van der Waals surface area contributed by atoms with Crippen LogP contribution in [0.3, 0.4) is 0 Å². The van der Waals surface area contributed by atoms with Gasteiger partial charge in [0.15, 0.2) is 5.60 Å². The van der Waals surface area contributed by atoms with Gasteiger partial charge in [-0.2, -0.15) is 0 Å². The molecule has 0 bridgehead atoms. The zero-order chi connectivity index (χ0) is 13.8. The minimum absolute atomic E-state index is 0.0910. The Morgan fingerprint density at radius 3 is 3.00 bits per heavy atom. The van der Waals surface area contributed by atoms with Crippen molar-refractivity contribution in [3.63, 3.8) is 0 Å². The first-order valence-electron chi connectivity index (χ1n) is 6.87. The van der Waals surface area contributed by atoms with E-state index in [4.69, 9.17) is 4.74 Å². The second-order valence-corrected chi connectivity index (χ2v) is 6.07. The van der Waals surface area contributed by atoms with Gasteiger partial charge in [-0.25, -0.2) is 4.79 Å². The van der Waals surface area contributed by atoms with E-state index < -0.39 is 18.2 Å². The van der Waals surface area contributed by atoms with Gasteiger partial charge in [-0.05, 0) is 32.1 Å². The highest BCUT2D eigenvalue weighted by Gasteiger charge is 2.60. The lowest BCUT2D eigenvalue weighted by atomic mass is 9.77. The standard InChI is InChI=1S/C15H20O4/c1-8-4-6-11-13(12-9(2)3-5-10(8)12)19-14(17)15(11,18)7-16/h4,10-13,16,18H,2-3,5-7H2,1H3. The van der Waals surface area contributed by atoms with E-state index in [0.29, 0.717) is 12.3 Å². The molecule has 4 nitrogen and oxygen atoms in total. The molecule has 0 spiro atoms. The number of hydrogen-bond acceptors (Lipinski definition) is 4. The van der Waals surface area contributed by atoms with Crippen molar-refractivity contribution in [3.8, 4) is 0 Å². The topological polar surface area (TPSA) is 66.8 Å². The molecule has 0 aromatic rings. The van der Waals surface area contributed by atoms with Gasteiger partial charge in [0.2, 0.25) is 0 Å². The first-order valence-corrected chi connectivity index (χ1v) is 6.87. The summed E-state index contributed by atoms with van der Waals surface area (Å²) in [4.78, 5) is 11.9. The maximum absolute atomic E-state index is 11.9. The van der Waals surface area contributed by atoms with E-state index in [1.165, 1.54) is 5.57 Å². The number of carbonyl (C=O) groups is 1. The predicted molar refractivity (Wildman–Crippen MR) is 69.1 cm³/mol. The molecule has 1 aliphatic heterocycles. The highest BCUT2D eigenvalue weighted by Crippen LogP contribution is 2.51. The molecule has 2 N–H and O–H groups in total. The summed E-state index contributed by atoms with van der Waals surface area (Å²) in [5.41, 5.74) is 0.637. The van der Waals surface area contributed by atoms with E-state index in [9.17, 15) is 15.0 Å². The molecule has 1 saturated heterocycles. The van der Waals surface area contributed by atoms with E-state index in [0.717, 1.165) is 18.4 Å². The van der Waals surface area contributed by atoms with E-state index in [1.54, 1.807) is 0 Å². The Labute approximate surface area is 112 Å². The monoisotopic (exact) mass is 264 g/mol. The molecular weight excluding hydrogens is 244 g/mol. The SMILES string of the molecule is C=C1CCC2C(C)=CCC3C(OC(=O)C3(O)CO)C12.